The van der Waals surface area contributed by atoms with Crippen LogP contribution in [0.5, 0.6) is 0 Å². The molecule has 4 aliphatic rings. The van der Waals surface area contributed by atoms with Gasteiger partial charge in [0.25, 0.3) is 0 Å². The highest BCUT2D eigenvalue weighted by Crippen LogP contribution is 2.41. The number of aliphatic hydroxyl groups excluding tert-OH is 1. The molecule has 12 heteroatoms. The van der Waals surface area contributed by atoms with Crippen LogP contribution in [0.1, 0.15) is 36.4 Å². The molecule has 0 aliphatic carbocycles. The van der Waals surface area contributed by atoms with Crippen LogP contribution in [0.3, 0.4) is 0 Å². The van der Waals surface area contributed by atoms with Crippen molar-refractivity contribution >= 4 is 18.1 Å². The number of nitrogens with one attached hydrogen (secondary N) is 1. The van der Waals surface area contributed by atoms with Crippen LogP contribution in [0.4, 0.5) is 22.4 Å². The third-order valence-corrected chi connectivity index (χ3v) is 6.56. The number of nitrogens with zero attached hydrogens (tertiary/aromatic N) is 5. The number of β-amino-alcohol motifs (C(OH)–C–C–N with tert-alkyl or cyclic N) is 1. The highest BCUT2D eigenvalue weighted by molar-refractivity contribution is 5.95. The topological polar surface area (TPSA) is 83.8 Å². The minimum atomic E-state index is -4.60. The number of fused-ring (bicyclic) bond motifs is 1. The van der Waals surface area contributed by atoms with Crippen molar-refractivity contribution in [3.8, 4) is 0 Å². The number of halogens is 4. The van der Waals surface area contributed by atoms with Gasteiger partial charge in [0.05, 0.1) is 23.9 Å². The molecule has 0 radical (unpaired) electrons. The molecule has 4 atom stereocenters. The number of hydrogen-bond donors (Lipinski definition) is 2. The summed E-state index contributed by atoms with van der Waals surface area (Å²) < 4.78 is 54.9. The van der Waals surface area contributed by atoms with Crippen LogP contribution in [0.2, 0.25) is 0 Å². The lowest BCUT2D eigenvalue weighted by Gasteiger charge is -2.33. The lowest BCUT2D eigenvalue weighted by Crippen LogP contribution is -2.51. The number of benzene rings is 1. The molecule has 2 unspecified atom stereocenters. The summed E-state index contributed by atoms with van der Waals surface area (Å²) in [6, 6.07) is 0.999. The highest BCUT2D eigenvalue weighted by Gasteiger charge is 2.41. The molecule has 2 saturated heterocycles. The van der Waals surface area contributed by atoms with Crippen molar-refractivity contribution in [2.75, 3.05) is 19.6 Å². The van der Waals surface area contributed by atoms with Crippen molar-refractivity contribution in [2.45, 2.75) is 49.8 Å². The Morgan fingerprint density at radius 3 is 2.76 bits per heavy atom. The Morgan fingerprint density at radius 2 is 2.03 bits per heavy atom. The molecule has 4 aliphatic heterocycles. The molecule has 8 nitrogen and oxygen atoms in total. The van der Waals surface area contributed by atoms with Crippen molar-refractivity contribution in [3.63, 3.8) is 0 Å². The first-order chi connectivity index (χ1) is 16.2. The van der Waals surface area contributed by atoms with E-state index in [1.165, 1.54) is 4.90 Å². The normalized spacial score (nSPS) is 28.5. The maximum atomic E-state index is 13.9. The van der Waals surface area contributed by atoms with E-state index in [0.717, 1.165) is 18.2 Å². The zero-order valence-corrected chi connectivity index (χ0v) is 18.1. The summed E-state index contributed by atoms with van der Waals surface area (Å²) in [6.07, 6.45) is 0.738. The number of carbonyl (C=O) groups is 1. The SMILES string of the molecule is O=C(NC1C=NN2C=CC(N3CCC[C@@H]3c3cc(F)ccc3C(F)(F)F)=NC12)N1CC[C@@H](O)C1. The molecule has 0 bridgehead atoms. The zero-order valence-electron chi connectivity index (χ0n) is 18.1. The van der Waals surface area contributed by atoms with E-state index in [-0.39, 0.29) is 18.1 Å². The first kappa shape index (κ1) is 22.6. The van der Waals surface area contributed by atoms with Gasteiger partial charge in [-0.3, -0.25) is 0 Å². The molecule has 2 fully saturated rings. The van der Waals surface area contributed by atoms with Crippen LogP contribution in [-0.2, 0) is 6.18 Å². The van der Waals surface area contributed by atoms with Crippen molar-refractivity contribution in [3.05, 3.63) is 47.4 Å². The fraction of sp³-hybridized carbons (Fsp3) is 0.500. The Hall–Kier alpha value is -3.15. The first-order valence-corrected chi connectivity index (χ1v) is 11.2. The number of amidine groups is 1. The van der Waals surface area contributed by atoms with E-state index in [4.69, 9.17) is 4.99 Å². The van der Waals surface area contributed by atoms with Gasteiger partial charge in [0.2, 0.25) is 0 Å². The predicted molar refractivity (Wildman–Crippen MR) is 115 cm³/mol. The number of hydrazone groups is 1. The van der Waals surface area contributed by atoms with Crippen molar-refractivity contribution in [2.24, 2.45) is 10.1 Å². The standard InChI is InChI=1S/C22H24F4N6O2/c23-13-3-4-16(22(24,25)26)15(10-13)18-2-1-7-31(18)19-6-9-32-20(29-19)17(11-27-32)28-21(34)30-8-5-14(33)12-30/h3-4,6,9-11,14,17-18,20,33H,1-2,5,7-8,12H2,(H,28,34)/t14-,17?,18-,20?/m1/s1. The molecule has 4 heterocycles. The van der Waals surface area contributed by atoms with Gasteiger partial charge in [-0.15, -0.1) is 0 Å². The monoisotopic (exact) mass is 480 g/mol. The molecule has 2 N–H and O–H groups in total. The first-order valence-electron chi connectivity index (χ1n) is 11.2. The molecular formula is C22H24F4N6O2. The number of urea groups is 1. The van der Waals surface area contributed by atoms with E-state index < -0.39 is 41.9 Å². The third-order valence-electron chi connectivity index (χ3n) is 6.56. The maximum Gasteiger partial charge on any atom is 0.416 e. The quantitative estimate of drug-likeness (QED) is 0.638. The predicted octanol–water partition coefficient (Wildman–Crippen LogP) is 2.68. The second-order valence-corrected chi connectivity index (χ2v) is 8.81. The van der Waals surface area contributed by atoms with Gasteiger partial charge in [-0.05, 0) is 49.1 Å². The number of likely N-dealkylation sites (tertiary alicyclic amines) is 2. The number of aliphatic imine (C=N–C) groups is 1. The van der Waals surface area contributed by atoms with Crippen LogP contribution < -0.4 is 5.32 Å². The van der Waals surface area contributed by atoms with Crippen LogP contribution in [-0.4, -0.2) is 75.9 Å². The minimum Gasteiger partial charge on any atom is -0.391 e. The van der Waals surface area contributed by atoms with Gasteiger partial charge >= 0.3 is 12.2 Å². The number of hydrogen-bond acceptors (Lipinski definition) is 6. The molecule has 182 valence electrons. The van der Waals surface area contributed by atoms with Gasteiger partial charge in [0.15, 0.2) is 6.17 Å². The second kappa shape index (κ2) is 8.57. The molecule has 2 amide bonds. The van der Waals surface area contributed by atoms with Gasteiger partial charge in [0, 0.05) is 25.8 Å². The summed E-state index contributed by atoms with van der Waals surface area (Å²) in [7, 11) is 0. The Morgan fingerprint density at radius 1 is 1.21 bits per heavy atom. The Labute approximate surface area is 193 Å². The number of alkyl halides is 3. The van der Waals surface area contributed by atoms with Crippen molar-refractivity contribution in [1.82, 2.24) is 20.1 Å². The molecule has 0 saturated carbocycles. The number of aliphatic hydroxyl groups is 1. The average Bonchev–Trinajstić information content (AvgIpc) is 3.52. The lowest BCUT2D eigenvalue weighted by molar-refractivity contribution is -0.138. The second-order valence-electron chi connectivity index (χ2n) is 8.81. The average molecular weight is 480 g/mol. The van der Waals surface area contributed by atoms with Gasteiger partial charge in [-0.1, -0.05) is 0 Å². The summed E-state index contributed by atoms with van der Waals surface area (Å²) in [5.41, 5.74) is -0.960. The summed E-state index contributed by atoms with van der Waals surface area (Å²) in [4.78, 5) is 20.5. The van der Waals surface area contributed by atoms with Crippen LogP contribution in [0, 0.1) is 5.82 Å². The van der Waals surface area contributed by atoms with Crippen LogP contribution >= 0.6 is 0 Å². The summed E-state index contributed by atoms with van der Waals surface area (Å²) in [5, 5.41) is 18.3. The van der Waals surface area contributed by atoms with E-state index in [1.54, 1.807) is 28.4 Å². The fourth-order valence-corrected chi connectivity index (χ4v) is 4.92. The van der Waals surface area contributed by atoms with E-state index in [9.17, 15) is 27.5 Å². The van der Waals surface area contributed by atoms with Gasteiger partial charge in [0.1, 0.15) is 17.7 Å². The van der Waals surface area contributed by atoms with E-state index >= 15 is 0 Å². The number of rotatable bonds is 2. The minimum absolute atomic E-state index is 0.108. The lowest BCUT2D eigenvalue weighted by atomic mass is 9.97. The van der Waals surface area contributed by atoms with Crippen molar-refractivity contribution in [1.29, 1.82) is 0 Å². The molecule has 1 aromatic carbocycles. The Bertz CT molecular complexity index is 1060. The molecular weight excluding hydrogens is 456 g/mol. The Kier molecular flexibility index (Phi) is 5.70. The molecule has 5 rings (SSSR count). The third kappa shape index (κ3) is 4.22. The summed E-state index contributed by atoms with van der Waals surface area (Å²) in [6.45, 7) is 1.17. The van der Waals surface area contributed by atoms with Crippen LogP contribution in [0.25, 0.3) is 0 Å². The van der Waals surface area contributed by atoms with Crippen LogP contribution in [0.15, 0.2) is 40.6 Å². The van der Waals surface area contributed by atoms with Gasteiger partial charge in [-0.25, -0.2) is 19.2 Å². The van der Waals surface area contributed by atoms with E-state index in [1.807, 2.05) is 0 Å². The molecule has 0 spiro atoms. The fourth-order valence-electron chi connectivity index (χ4n) is 4.92. The smallest absolute Gasteiger partial charge is 0.391 e. The number of amides is 2. The van der Waals surface area contributed by atoms with Gasteiger partial charge in [-0.2, -0.15) is 18.3 Å². The Balaban J connectivity index is 1.37. The molecule has 34 heavy (non-hydrogen) atoms. The summed E-state index contributed by atoms with van der Waals surface area (Å²) in [5.74, 6) is -0.261. The molecule has 1 aromatic rings. The summed E-state index contributed by atoms with van der Waals surface area (Å²) >= 11 is 0. The zero-order chi connectivity index (χ0) is 24.0. The highest BCUT2D eigenvalue weighted by atomic mass is 19.4. The maximum absolute atomic E-state index is 13.9. The van der Waals surface area contributed by atoms with Gasteiger partial charge < -0.3 is 20.2 Å². The largest absolute Gasteiger partial charge is 0.416 e. The van der Waals surface area contributed by atoms with Crippen molar-refractivity contribution < 1.29 is 27.5 Å². The van der Waals surface area contributed by atoms with E-state index in [0.29, 0.717) is 38.2 Å². The van der Waals surface area contributed by atoms with E-state index in [2.05, 4.69) is 10.4 Å². The number of carbonyl (C=O) groups excluding carboxylic acids is 1. The molecule has 0 aromatic heterocycles.